The number of fused-ring (bicyclic) bond motifs is 1. The molecule has 2 atom stereocenters. The van der Waals surface area contributed by atoms with E-state index in [2.05, 4.69) is 5.32 Å². The van der Waals surface area contributed by atoms with Crippen molar-refractivity contribution in [1.82, 2.24) is 0 Å². The molecule has 1 fully saturated rings. The van der Waals surface area contributed by atoms with Crippen molar-refractivity contribution < 1.29 is 23.9 Å². The first-order valence-electron chi connectivity index (χ1n) is 10.6. The lowest BCUT2D eigenvalue weighted by Crippen LogP contribution is -2.31. The maximum atomic E-state index is 12.9. The molecule has 1 saturated heterocycles. The van der Waals surface area contributed by atoms with Crippen LogP contribution < -0.4 is 10.2 Å². The number of carbonyl (C=O) groups excluding carboxylic acids is 4. The second-order valence-electron chi connectivity index (χ2n) is 8.02. The van der Waals surface area contributed by atoms with Crippen molar-refractivity contribution in [2.75, 3.05) is 16.8 Å². The predicted molar refractivity (Wildman–Crippen MR) is 119 cm³/mol. The smallest absolute Gasteiger partial charge is 0.338 e. The molecule has 1 N–H and O–H groups in total. The lowest BCUT2D eigenvalue weighted by atomic mass is 9.82. The molecule has 0 radical (unpaired) electrons. The van der Waals surface area contributed by atoms with E-state index in [9.17, 15) is 19.2 Å². The molecule has 0 spiro atoms. The zero-order chi connectivity index (χ0) is 22.8. The van der Waals surface area contributed by atoms with Gasteiger partial charge in [-0.15, -0.1) is 0 Å². The Labute approximate surface area is 186 Å². The Morgan fingerprint density at radius 2 is 1.75 bits per heavy atom. The van der Waals surface area contributed by atoms with Crippen LogP contribution in [0.5, 0.6) is 0 Å². The van der Waals surface area contributed by atoms with Crippen LogP contribution in [0.2, 0.25) is 0 Å². The molecule has 1 aliphatic heterocycles. The summed E-state index contributed by atoms with van der Waals surface area (Å²) in [4.78, 5) is 51.6. The van der Waals surface area contributed by atoms with E-state index in [1.54, 1.807) is 55.5 Å². The van der Waals surface area contributed by atoms with Gasteiger partial charge in [-0.05, 0) is 69.2 Å². The summed E-state index contributed by atoms with van der Waals surface area (Å²) in [7, 11) is 0. The maximum absolute atomic E-state index is 12.9. The number of carbonyl (C=O) groups is 4. The Morgan fingerprint density at radius 1 is 1.03 bits per heavy atom. The summed E-state index contributed by atoms with van der Waals surface area (Å²) in [6.45, 7) is 3.99. The van der Waals surface area contributed by atoms with E-state index in [1.165, 1.54) is 4.90 Å². The van der Waals surface area contributed by atoms with Gasteiger partial charge in [0.05, 0.1) is 29.7 Å². The Kier molecular flexibility index (Phi) is 5.90. The van der Waals surface area contributed by atoms with Gasteiger partial charge in [-0.1, -0.05) is 17.7 Å². The van der Waals surface area contributed by atoms with Gasteiger partial charge < -0.3 is 10.1 Å². The number of rotatable bonds is 5. The Morgan fingerprint density at radius 3 is 2.47 bits per heavy atom. The summed E-state index contributed by atoms with van der Waals surface area (Å²) in [5.74, 6) is -1.89. The third-order valence-corrected chi connectivity index (χ3v) is 5.84. The van der Waals surface area contributed by atoms with Crippen LogP contribution in [-0.2, 0) is 14.3 Å². The number of amides is 3. The van der Waals surface area contributed by atoms with Crippen LogP contribution in [0, 0.1) is 11.8 Å². The van der Waals surface area contributed by atoms with E-state index in [-0.39, 0.29) is 36.2 Å². The molecule has 1 heterocycles. The topological polar surface area (TPSA) is 92.8 Å². The second-order valence-corrected chi connectivity index (χ2v) is 8.02. The highest BCUT2D eigenvalue weighted by molar-refractivity contribution is 6.22. The fraction of sp³-hybridized carbons (Fsp3) is 0.280. The van der Waals surface area contributed by atoms with Crippen LogP contribution in [0.4, 0.5) is 11.4 Å². The maximum Gasteiger partial charge on any atom is 0.338 e. The van der Waals surface area contributed by atoms with Crippen LogP contribution in [-0.4, -0.2) is 30.3 Å². The minimum absolute atomic E-state index is 0.209. The molecule has 0 unspecified atom stereocenters. The van der Waals surface area contributed by atoms with E-state index < -0.39 is 5.97 Å². The number of anilines is 2. The van der Waals surface area contributed by atoms with Crippen molar-refractivity contribution >= 4 is 35.1 Å². The molecule has 2 aromatic carbocycles. The zero-order valence-corrected chi connectivity index (χ0v) is 18.0. The van der Waals surface area contributed by atoms with Gasteiger partial charge in [-0.3, -0.25) is 19.3 Å². The van der Waals surface area contributed by atoms with E-state index in [1.807, 2.05) is 13.0 Å². The van der Waals surface area contributed by atoms with Crippen molar-refractivity contribution in [2.45, 2.75) is 26.7 Å². The molecule has 0 aromatic heterocycles. The minimum atomic E-state index is -0.427. The molecular formula is C25H24N2O5. The molecule has 7 nitrogen and oxygen atoms in total. The van der Waals surface area contributed by atoms with Crippen molar-refractivity contribution in [3.63, 3.8) is 0 Å². The number of hydrogen-bond donors (Lipinski definition) is 1. The van der Waals surface area contributed by atoms with Gasteiger partial charge in [-0.2, -0.15) is 0 Å². The Hall–Kier alpha value is -3.74. The third kappa shape index (κ3) is 4.06. The monoisotopic (exact) mass is 432 g/mol. The van der Waals surface area contributed by atoms with Crippen LogP contribution >= 0.6 is 0 Å². The summed E-state index contributed by atoms with van der Waals surface area (Å²) in [5, 5.41) is 2.76. The molecule has 32 heavy (non-hydrogen) atoms. The molecule has 4 rings (SSSR count). The number of nitrogens with one attached hydrogen (secondary N) is 1. The van der Waals surface area contributed by atoms with Crippen LogP contribution in [0.1, 0.15) is 47.4 Å². The zero-order valence-electron chi connectivity index (χ0n) is 18.0. The number of nitrogens with zero attached hydrogens (tertiary/aromatic N) is 1. The van der Waals surface area contributed by atoms with Gasteiger partial charge in [0, 0.05) is 11.3 Å². The molecule has 2 aromatic rings. The average Bonchev–Trinajstić information content (AvgIpc) is 3.03. The largest absolute Gasteiger partial charge is 0.462 e. The molecule has 1 aliphatic carbocycles. The van der Waals surface area contributed by atoms with E-state index >= 15 is 0 Å². The molecule has 7 heteroatoms. The van der Waals surface area contributed by atoms with Crippen molar-refractivity contribution in [1.29, 1.82) is 0 Å². The van der Waals surface area contributed by atoms with Crippen molar-refractivity contribution in [2.24, 2.45) is 11.8 Å². The summed E-state index contributed by atoms with van der Waals surface area (Å²) in [6, 6.07) is 12.9. The van der Waals surface area contributed by atoms with Crippen LogP contribution in [0.15, 0.2) is 60.2 Å². The molecule has 0 bridgehead atoms. The summed E-state index contributed by atoms with van der Waals surface area (Å²) in [6.07, 6.45) is 3.18. The van der Waals surface area contributed by atoms with Crippen LogP contribution in [0.3, 0.4) is 0 Å². The summed E-state index contributed by atoms with van der Waals surface area (Å²) < 4.78 is 4.95. The predicted octanol–water partition coefficient (Wildman–Crippen LogP) is 3.96. The van der Waals surface area contributed by atoms with E-state index in [0.29, 0.717) is 35.3 Å². The van der Waals surface area contributed by atoms with Gasteiger partial charge in [-0.25, -0.2) is 4.79 Å². The SMILES string of the molecule is CCOC(=O)c1ccc(NC(=O)c2cccc(N3C(=O)[C@H]4CC(C)=CC[C@H]4C3=O)c2)cc1. The fourth-order valence-corrected chi connectivity index (χ4v) is 4.19. The van der Waals surface area contributed by atoms with Crippen molar-refractivity contribution in [3.8, 4) is 0 Å². The average molecular weight is 432 g/mol. The van der Waals surface area contributed by atoms with Crippen molar-refractivity contribution in [3.05, 3.63) is 71.3 Å². The van der Waals surface area contributed by atoms with Gasteiger partial charge in [0.1, 0.15) is 0 Å². The van der Waals surface area contributed by atoms with Gasteiger partial charge in [0.15, 0.2) is 0 Å². The molecule has 2 aliphatic rings. The highest BCUT2D eigenvalue weighted by Gasteiger charge is 2.48. The Balaban J connectivity index is 1.50. The van der Waals surface area contributed by atoms with Gasteiger partial charge in [0.2, 0.25) is 11.8 Å². The van der Waals surface area contributed by atoms with E-state index in [4.69, 9.17) is 4.74 Å². The number of hydrogen-bond acceptors (Lipinski definition) is 5. The standard InChI is InChI=1S/C25H24N2O5/c1-3-32-25(31)16-8-10-18(11-9-16)26-22(28)17-5-4-6-19(14-17)27-23(29)20-12-7-15(2)13-21(20)24(27)30/h4-11,14,20-21H,3,12-13H2,1-2H3,(H,26,28)/t20-,21+/m1/s1. The first kappa shape index (κ1) is 21.5. The molecular weight excluding hydrogens is 408 g/mol. The number of esters is 1. The Bertz CT molecular complexity index is 1120. The fourth-order valence-electron chi connectivity index (χ4n) is 4.19. The molecule has 0 saturated carbocycles. The number of ether oxygens (including phenoxy) is 1. The molecule has 164 valence electrons. The quantitative estimate of drug-likeness (QED) is 0.439. The third-order valence-electron chi connectivity index (χ3n) is 5.84. The highest BCUT2D eigenvalue weighted by atomic mass is 16.5. The summed E-state index contributed by atoms with van der Waals surface area (Å²) >= 11 is 0. The highest BCUT2D eigenvalue weighted by Crippen LogP contribution is 2.39. The lowest BCUT2D eigenvalue weighted by molar-refractivity contribution is -0.122. The van der Waals surface area contributed by atoms with E-state index in [0.717, 1.165) is 5.57 Å². The summed E-state index contributed by atoms with van der Waals surface area (Å²) in [5.41, 5.74) is 2.74. The van der Waals surface area contributed by atoms with Gasteiger partial charge >= 0.3 is 5.97 Å². The second kappa shape index (κ2) is 8.78. The number of benzene rings is 2. The first-order valence-corrected chi connectivity index (χ1v) is 10.6. The normalized spacial score (nSPS) is 19.9. The lowest BCUT2D eigenvalue weighted by Gasteiger charge is -2.18. The van der Waals surface area contributed by atoms with Gasteiger partial charge in [0.25, 0.3) is 5.91 Å². The number of allylic oxidation sites excluding steroid dienone is 2. The first-order chi connectivity index (χ1) is 15.4. The molecule has 3 amide bonds. The van der Waals surface area contributed by atoms with Crippen LogP contribution in [0.25, 0.3) is 0 Å². The number of imide groups is 1. The minimum Gasteiger partial charge on any atom is -0.462 e.